The quantitative estimate of drug-likeness (QED) is 0.430. The number of nitrogens with one attached hydrogen (secondary N) is 2. The van der Waals surface area contributed by atoms with Crippen molar-refractivity contribution in [1.82, 2.24) is 20.4 Å². The summed E-state index contributed by atoms with van der Waals surface area (Å²) in [6.07, 6.45) is 3.56. The van der Waals surface area contributed by atoms with Crippen molar-refractivity contribution in [1.29, 1.82) is 0 Å². The number of carboxylic acids is 1. The summed E-state index contributed by atoms with van der Waals surface area (Å²) in [5.74, 6) is -1.94. The Kier molecular flexibility index (Phi) is 9.48. The number of hydrogen-bond acceptors (Lipinski definition) is 6. The van der Waals surface area contributed by atoms with Gasteiger partial charge in [0.05, 0.1) is 34.4 Å². The van der Waals surface area contributed by atoms with Crippen LogP contribution in [0.3, 0.4) is 0 Å². The van der Waals surface area contributed by atoms with Crippen LogP contribution in [0.15, 0.2) is 23.6 Å². The molecule has 0 unspecified atom stereocenters. The molecule has 0 aliphatic carbocycles. The molecule has 0 radical (unpaired) electrons. The minimum absolute atomic E-state index is 0.186. The topological polar surface area (TPSA) is 128 Å². The van der Waals surface area contributed by atoms with Crippen LogP contribution in [0.5, 0.6) is 0 Å². The number of halogens is 2. The van der Waals surface area contributed by atoms with Crippen molar-refractivity contribution in [2.75, 3.05) is 39.4 Å². The summed E-state index contributed by atoms with van der Waals surface area (Å²) in [4.78, 5) is 52.5. The van der Waals surface area contributed by atoms with Gasteiger partial charge in [-0.25, -0.2) is 4.79 Å². The normalized spacial score (nSPS) is 17.5. The molecule has 1 atom stereocenters. The van der Waals surface area contributed by atoms with Crippen LogP contribution in [-0.2, 0) is 19.1 Å². The summed E-state index contributed by atoms with van der Waals surface area (Å²) in [7, 11) is 0. The zero-order chi connectivity index (χ0) is 27.2. The number of rotatable bonds is 7. The number of benzene rings is 1. The smallest absolute Gasteiger partial charge is 0.318 e. The van der Waals surface area contributed by atoms with Crippen molar-refractivity contribution >= 4 is 74.5 Å². The van der Waals surface area contributed by atoms with E-state index in [1.807, 2.05) is 17.5 Å². The highest BCUT2D eigenvalue weighted by molar-refractivity contribution is 7.18. The largest absolute Gasteiger partial charge is 0.481 e. The Morgan fingerprint density at radius 3 is 2.50 bits per heavy atom. The molecular weight excluding hydrogens is 555 g/mol. The van der Waals surface area contributed by atoms with Gasteiger partial charge < -0.3 is 30.3 Å². The van der Waals surface area contributed by atoms with E-state index < -0.39 is 30.4 Å². The molecule has 4 rings (SSSR count). The molecule has 2 aromatic rings. The lowest BCUT2D eigenvalue weighted by atomic mass is 10.0. The molecule has 1 aromatic heterocycles. The molecule has 0 spiro atoms. The molecular formula is C25H28Cl2N4O6S. The molecule has 10 nitrogen and oxygen atoms in total. The van der Waals surface area contributed by atoms with E-state index in [0.29, 0.717) is 67.8 Å². The Bertz CT molecular complexity index is 1240. The number of fused-ring (bicyclic) bond motifs is 1. The van der Waals surface area contributed by atoms with Gasteiger partial charge in [-0.15, -0.1) is 11.3 Å². The van der Waals surface area contributed by atoms with E-state index in [4.69, 9.17) is 27.9 Å². The average molecular weight is 583 g/mol. The molecule has 204 valence electrons. The third-order valence-corrected chi connectivity index (χ3v) is 8.44. The molecule has 0 bridgehead atoms. The third-order valence-electron chi connectivity index (χ3n) is 6.50. The maximum atomic E-state index is 12.8. The summed E-state index contributed by atoms with van der Waals surface area (Å²) in [5.41, 5.74) is 0.654. The maximum Gasteiger partial charge on any atom is 0.318 e. The Morgan fingerprint density at radius 2 is 1.82 bits per heavy atom. The maximum absolute atomic E-state index is 12.8. The molecule has 38 heavy (non-hydrogen) atoms. The fourth-order valence-electron chi connectivity index (χ4n) is 4.39. The summed E-state index contributed by atoms with van der Waals surface area (Å²) >= 11 is 14.2. The third kappa shape index (κ3) is 6.96. The zero-order valence-corrected chi connectivity index (χ0v) is 22.8. The van der Waals surface area contributed by atoms with Crippen LogP contribution in [0.2, 0.25) is 10.0 Å². The van der Waals surface area contributed by atoms with Crippen molar-refractivity contribution < 1.29 is 29.0 Å². The fourth-order valence-corrected chi connectivity index (χ4v) is 5.83. The van der Waals surface area contributed by atoms with Crippen LogP contribution in [0.1, 0.15) is 24.8 Å². The molecule has 2 aliphatic heterocycles. The highest BCUT2D eigenvalue weighted by Crippen LogP contribution is 2.37. The van der Waals surface area contributed by atoms with E-state index in [-0.39, 0.29) is 11.9 Å². The van der Waals surface area contributed by atoms with Gasteiger partial charge in [0.2, 0.25) is 11.8 Å². The van der Waals surface area contributed by atoms with Gasteiger partial charge in [0.15, 0.2) is 0 Å². The van der Waals surface area contributed by atoms with Crippen LogP contribution in [-0.4, -0.2) is 90.2 Å². The van der Waals surface area contributed by atoms with Crippen LogP contribution in [0.4, 0.5) is 4.79 Å². The van der Waals surface area contributed by atoms with Gasteiger partial charge in [0.25, 0.3) is 0 Å². The molecule has 2 aliphatic rings. The van der Waals surface area contributed by atoms with Crippen LogP contribution in [0.25, 0.3) is 16.2 Å². The van der Waals surface area contributed by atoms with E-state index in [0.717, 1.165) is 10.1 Å². The molecule has 1 aromatic carbocycles. The average Bonchev–Trinajstić information content (AvgIpc) is 3.39. The number of thiophene rings is 1. The van der Waals surface area contributed by atoms with Gasteiger partial charge in [-0.3, -0.25) is 14.4 Å². The standard InChI is InChI=1S/C25H28Cl2N4O6S/c26-21-15(13-16-5-12-38-23(16)22(21)27)1-2-19(32)30-6-3-17(4-7-30)28-24(35)18(14-20(33)34)29-25(36)31-8-10-37-11-9-31/h1-2,5,12-13,17-18H,3-4,6-11,14H2,(H,28,35)(H,29,36)(H,33,34)/b2-1+/t18-/m0/s1. The number of amides is 4. The predicted octanol–water partition coefficient (Wildman–Crippen LogP) is 3.21. The first kappa shape index (κ1) is 28.2. The van der Waals surface area contributed by atoms with E-state index in [1.54, 1.807) is 11.0 Å². The van der Waals surface area contributed by atoms with Crippen molar-refractivity contribution in [2.24, 2.45) is 0 Å². The van der Waals surface area contributed by atoms with E-state index in [9.17, 15) is 24.3 Å². The number of carboxylic acid groups (broad SMARTS) is 1. The second-order valence-electron chi connectivity index (χ2n) is 9.07. The molecule has 0 saturated carbocycles. The number of morpholine rings is 1. The van der Waals surface area contributed by atoms with E-state index in [2.05, 4.69) is 10.6 Å². The summed E-state index contributed by atoms with van der Waals surface area (Å²) in [6.45, 7) is 2.35. The van der Waals surface area contributed by atoms with Gasteiger partial charge in [-0.1, -0.05) is 23.2 Å². The van der Waals surface area contributed by atoms with Gasteiger partial charge in [0, 0.05) is 38.3 Å². The fraction of sp³-hybridized carbons (Fsp3) is 0.440. The highest BCUT2D eigenvalue weighted by atomic mass is 35.5. The lowest BCUT2D eigenvalue weighted by Crippen LogP contribution is -2.56. The van der Waals surface area contributed by atoms with E-state index >= 15 is 0 Å². The SMILES string of the molecule is O=C(O)C[C@H](NC(=O)N1CCOCC1)C(=O)NC1CCN(C(=O)/C=C/c2cc3ccsc3c(Cl)c2Cl)CC1. The lowest BCUT2D eigenvalue weighted by molar-refractivity contribution is -0.140. The van der Waals surface area contributed by atoms with E-state index in [1.165, 1.54) is 22.3 Å². The van der Waals surface area contributed by atoms with Crippen molar-refractivity contribution in [3.63, 3.8) is 0 Å². The van der Waals surface area contributed by atoms with Gasteiger partial charge >= 0.3 is 12.0 Å². The Balaban J connectivity index is 1.29. The number of ether oxygens (including phenoxy) is 1. The Morgan fingerprint density at radius 1 is 1.11 bits per heavy atom. The van der Waals surface area contributed by atoms with Crippen molar-refractivity contribution in [3.05, 3.63) is 39.2 Å². The first-order valence-electron chi connectivity index (χ1n) is 12.2. The molecule has 3 N–H and O–H groups in total. The molecule has 4 amide bonds. The lowest BCUT2D eigenvalue weighted by Gasteiger charge is -2.33. The van der Waals surface area contributed by atoms with Gasteiger partial charge in [-0.2, -0.15) is 0 Å². The van der Waals surface area contributed by atoms with Gasteiger partial charge in [0.1, 0.15) is 6.04 Å². The first-order valence-corrected chi connectivity index (χ1v) is 13.8. The number of urea groups is 1. The zero-order valence-electron chi connectivity index (χ0n) is 20.5. The van der Waals surface area contributed by atoms with Crippen LogP contribution >= 0.6 is 34.5 Å². The molecule has 2 saturated heterocycles. The number of hydrogen-bond donors (Lipinski definition) is 3. The van der Waals surface area contributed by atoms with Crippen LogP contribution < -0.4 is 10.6 Å². The summed E-state index contributed by atoms with van der Waals surface area (Å²) in [6, 6.07) is 1.87. The summed E-state index contributed by atoms with van der Waals surface area (Å²) < 4.78 is 6.11. The number of likely N-dealkylation sites (tertiary alicyclic amines) is 1. The number of aliphatic carboxylic acids is 1. The van der Waals surface area contributed by atoms with Crippen LogP contribution in [0, 0.1) is 0 Å². The molecule has 2 fully saturated rings. The second-order valence-corrected chi connectivity index (χ2v) is 10.7. The Labute approximate surface area is 233 Å². The first-order chi connectivity index (χ1) is 18.2. The minimum Gasteiger partial charge on any atom is -0.481 e. The molecule has 3 heterocycles. The number of carbonyl (C=O) groups is 4. The number of carbonyl (C=O) groups excluding carboxylic acids is 3. The second kappa shape index (κ2) is 12.8. The number of piperidine rings is 1. The molecule has 13 heteroatoms. The highest BCUT2D eigenvalue weighted by Gasteiger charge is 2.30. The number of nitrogens with zero attached hydrogens (tertiary/aromatic N) is 2. The monoisotopic (exact) mass is 582 g/mol. The minimum atomic E-state index is -1.21. The van der Waals surface area contributed by atoms with Crippen molar-refractivity contribution in [3.8, 4) is 0 Å². The Hall–Kier alpha value is -2.86. The summed E-state index contributed by atoms with van der Waals surface area (Å²) in [5, 5.41) is 18.3. The predicted molar refractivity (Wildman–Crippen MR) is 146 cm³/mol. The van der Waals surface area contributed by atoms with Gasteiger partial charge in [-0.05, 0) is 47.4 Å². The van der Waals surface area contributed by atoms with Crippen molar-refractivity contribution in [2.45, 2.75) is 31.3 Å².